The van der Waals surface area contributed by atoms with Crippen LogP contribution in [-0.2, 0) is 10.2 Å². The molecule has 2 aromatic rings. The Morgan fingerprint density at radius 3 is 2.45 bits per heavy atom. The second-order valence-electron chi connectivity index (χ2n) is 5.63. The van der Waals surface area contributed by atoms with Crippen molar-refractivity contribution >= 4 is 23.2 Å². The summed E-state index contributed by atoms with van der Waals surface area (Å²) in [4.78, 5) is 12.8. The predicted molar refractivity (Wildman–Crippen MR) is 88.6 cm³/mol. The van der Waals surface area contributed by atoms with Crippen LogP contribution in [0.25, 0.3) is 0 Å². The number of hydrogen-bond donors (Lipinski definition) is 1. The fourth-order valence-corrected chi connectivity index (χ4v) is 3.08. The molecule has 0 unspecified atom stereocenters. The maximum Gasteiger partial charge on any atom is 0.235 e. The van der Waals surface area contributed by atoms with Crippen LogP contribution in [0.2, 0.25) is 5.02 Å². The first-order valence-corrected chi connectivity index (χ1v) is 7.73. The van der Waals surface area contributed by atoms with E-state index in [0.29, 0.717) is 5.02 Å². The lowest BCUT2D eigenvalue weighted by molar-refractivity contribution is -0.124. The Hall–Kier alpha value is -2.00. The van der Waals surface area contributed by atoms with Crippen LogP contribution in [0.1, 0.15) is 24.8 Å². The van der Waals surface area contributed by atoms with E-state index in [1.807, 2.05) is 48.5 Å². The smallest absolute Gasteiger partial charge is 0.235 e. The average molecular weight is 316 g/mol. The molecule has 1 aliphatic carbocycles. The molecule has 1 amide bonds. The van der Waals surface area contributed by atoms with E-state index in [4.69, 9.17) is 16.3 Å². The minimum Gasteiger partial charge on any atom is -0.497 e. The minimum atomic E-state index is -0.454. The molecule has 1 saturated carbocycles. The molecule has 0 heterocycles. The van der Waals surface area contributed by atoms with Gasteiger partial charge in [0.15, 0.2) is 0 Å². The number of rotatable bonds is 4. The lowest BCUT2D eigenvalue weighted by Gasteiger charge is -2.40. The molecule has 0 bridgehead atoms. The molecule has 3 nitrogen and oxygen atoms in total. The van der Waals surface area contributed by atoms with Crippen molar-refractivity contribution in [2.75, 3.05) is 12.4 Å². The number of carbonyl (C=O) groups excluding carboxylic acids is 1. The predicted octanol–water partition coefficient (Wildman–Crippen LogP) is 4.41. The number of methoxy groups -OCH3 is 1. The quantitative estimate of drug-likeness (QED) is 0.907. The summed E-state index contributed by atoms with van der Waals surface area (Å²) in [6, 6.07) is 15.0. The van der Waals surface area contributed by atoms with E-state index in [2.05, 4.69) is 5.32 Å². The molecule has 0 radical (unpaired) electrons. The van der Waals surface area contributed by atoms with Crippen molar-refractivity contribution < 1.29 is 9.53 Å². The Morgan fingerprint density at radius 2 is 1.91 bits per heavy atom. The topological polar surface area (TPSA) is 38.3 Å². The molecule has 114 valence electrons. The Kier molecular flexibility index (Phi) is 4.08. The van der Waals surface area contributed by atoms with E-state index < -0.39 is 5.41 Å². The minimum absolute atomic E-state index is 0.0335. The monoisotopic (exact) mass is 315 g/mol. The summed E-state index contributed by atoms with van der Waals surface area (Å²) < 4.78 is 5.13. The third-order valence-electron chi connectivity index (χ3n) is 4.37. The first kappa shape index (κ1) is 14.9. The molecule has 1 aliphatic rings. The van der Waals surface area contributed by atoms with Gasteiger partial charge in [0.05, 0.1) is 12.5 Å². The molecule has 0 saturated heterocycles. The van der Waals surface area contributed by atoms with Gasteiger partial charge in [-0.1, -0.05) is 30.2 Å². The van der Waals surface area contributed by atoms with Crippen LogP contribution in [0.5, 0.6) is 5.75 Å². The highest BCUT2D eigenvalue weighted by molar-refractivity contribution is 6.30. The maximum atomic E-state index is 12.8. The van der Waals surface area contributed by atoms with E-state index in [9.17, 15) is 4.79 Å². The van der Waals surface area contributed by atoms with E-state index in [0.717, 1.165) is 36.3 Å². The van der Waals surface area contributed by atoms with E-state index in [-0.39, 0.29) is 5.91 Å². The molecule has 22 heavy (non-hydrogen) atoms. The van der Waals surface area contributed by atoms with Gasteiger partial charge in [-0.25, -0.2) is 0 Å². The Bertz CT molecular complexity index is 678. The number of amides is 1. The number of halogens is 1. The fourth-order valence-electron chi connectivity index (χ4n) is 2.89. The van der Waals surface area contributed by atoms with E-state index in [1.165, 1.54) is 0 Å². The van der Waals surface area contributed by atoms with Gasteiger partial charge in [0.1, 0.15) is 5.75 Å². The van der Waals surface area contributed by atoms with Gasteiger partial charge in [0, 0.05) is 10.7 Å². The SMILES string of the molecule is COc1ccc(NC(=O)C2(c3cccc(Cl)c3)CCC2)cc1. The summed E-state index contributed by atoms with van der Waals surface area (Å²) in [7, 11) is 1.62. The van der Waals surface area contributed by atoms with Crippen LogP contribution in [0.4, 0.5) is 5.69 Å². The lowest BCUT2D eigenvalue weighted by atomic mass is 9.64. The summed E-state index contributed by atoms with van der Waals surface area (Å²) in [5, 5.41) is 3.68. The average Bonchev–Trinajstić information content (AvgIpc) is 2.47. The van der Waals surface area contributed by atoms with E-state index in [1.54, 1.807) is 7.11 Å². The van der Waals surface area contributed by atoms with Crippen molar-refractivity contribution in [3.8, 4) is 5.75 Å². The van der Waals surface area contributed by atoms with Crippen LogP contribution in [0.15, 0.2) is 48.5 Å². The first-order valence-electron chi connectivity index (χ1n) is 7.36. The largest absolute Gasteiger partial charge is 0.497 e. The normalized spacial score (nSPS) is 15.7. The van der Waals surface area contributed by atoms with Crippen molar-refractivity contribution in [2.24, 2.45) is 0 Å². The third-order valence-corrected chi connectivity index (χ3v) is 4.60. The molecule has 0 aromatic heterocycles. The molecular formula is C18H18ClNO2. The van der Waals surface area contributed by atoms with Gasteiger partial charge in [-0.3, -0.25) is 4.79 Å². The summed E-state index contributed by atoms with van der Waals surface area (Å²) in [6.45, 7) is 0. The second-order valence-corrected chi connectivity index (χ2v) is 6.07. The molecule has 1 N–H and O–H groups in total. The van der Waals surface area contributed by atoms with Gasteiger partial charge in [0.2, 0.25) is 5.91 Å². The molecule has 0 aliphatic heterocycles. The second kappa shape index (κ2) is 6.01. The van der Waals surface area contributed by atoms with Gasteiger partial charge in [-0.2, -0.15) is 0 Å². The highest BCUT2D eigenvalue weighted by Gasteiger charge is 2.45. The van der Waals surface area contributed by atoms with Crippen LogP contribution in [-0.4, -0.2) is 13.0 Å². The molecular weight excluding hydrogens is 298 g/mol. The third kappa shape index (κ3) is 2.69. The zero-order valence-corrected chi connectivity index (χ0v) is 13.2. The summed E-state index contributed by atoms with van der Waals surface area (Å²) in [6.07, 6.45) is 2.77. The number of anilines is 1. The summed E-state index contributed by atoms with van der Waals surface area (Å²) in [5.41, 5.74) is 1.32. The Morgan fingerprint density at radius 1 is 1.18 bits per heavy atom. The van der Waals surface area contributed by atoms with Crippen LogP contribution in [0.3, 0.4) is 0 Å². The molecule has 2 aromatic carbocycles. The first-order chi connectivity index (χ1) is 10.6. The van der Waals surface area contributed by atoms with Crippen molar-refractivity contribution in [3.63, 3.8) is 0 Å². The number of hydrogen-bond acceptors (Lipinski definition) is 2. The van der Waals surface area contributed by atoms with Gasteiger partial charge in [-0.05, 0) is 54.8 Å². The van der Waals surface area contributed by atoms with Crippen LogP contribution < -0.4 is 10.1 Å². The van der Waals surface area contributed by atoms with Gasteiger partial charge in [-0.15, -0.1) is 0 Å². The lowest BCUT2D eigenvalue weighted by Crippen LogP contribution is -2.46. The van der Waals surface area contributed by atoms with Gasteiger partial charge >= 0.3 is 0 Å². The molecule has 1 fully saturated rings. The number of benzene rings is 2. The summed E-state index contributed by atoms with van der Waals surface area (Å²) in [5.74, 6) is 0.803. The fraction of sp³-hybridized carbons (Fsp3) is 0.278. The number of ether oxygens (including phenoxy) is 1. The Labute approximate surface area is 135 Å². The standard InChI is InChI=1S/C18H18ClNO2/c1-22-16-8-6-15(7-9-16)20-17(21)18(10-3-11-18)13-4-2-5-14(19)12-13/h2,4-9,12H,3,10-11H2,1H3,(H,20,21). The van der Waals surface area contributed by atoms with Crippen molar-refractivity contribution in [2.45, 2.75) is 24.7 Å². The molecule has 0 spiro atoms. The van der Waals surface area contributed by atoms with Crippen LogP contribution in [0, 0.1) is 0 Å². The number of nitrogens with one attached hydrogen (secondary N) is 1. The van der Waals surface area contributed by atoms with Crippen molar-refractivity contribution in [1.29, 1.82) is 0 Å². The highest BCUT2D eigenvalue weighted by atomic mass is 35.5. The summed E-state index contributed by atoms with van der Waals surface area (Å²) >= 11 is 6.08. The molecule has 3 rings (SSSR count). The van der Waals surface area contributed by atoms with E-state index >= 15 is 0 Å². The molecule has 4 heteroatoms. The van der Waals surface area contributed by atoms with Crippen LogP contribution >= 0.6 is 11.6 Å². The zero-order chi connectivity index (χ0) is 15.6. The van der Waals surface area contributed by atoms with Crippen molar-refractivity contribution in [3.05, 3.63) is 59.1 Å². The number of carbonyl (C=O) groups is 1. The molecule has 0 atom stereocenters. The maximum absolute atomic E-state index is 12.8. The van der Waals surface area contributed by atoms with Gasteiger partial charge < -0.3 is 10.1 Å². The van der Waals surface area contributed by atoms with Gasteiger partial charge in [0.25, 0.3) is 0 Å². The zero-order valence-electron chi connectivity index (χ0n) is 12.4. The highest BCUT2D eigenvalue weighted by Crippen LogP contribution is 2.45. The Balaban J connectivity index is 1.82. The van der Waals surface area contributed by atoms with Crippen molar-refractivity contribution in [1.82, 2.24) is 0 Å².